The van der Waals surface area contributed by atoms with Crippen LogP contribution in [0.3, 0.4) is 0 Å². The normalized spacial score (nSPS) is 35.7. The van der Waals surface area contributed by atoms with Crippen molar-refractivity contribution in [2.45, 2.75) is 43.9 Å². The van der Waals surface area contributed by atoms with Gasteiger partial charge in [-0.2, -0.15) is 0 Å². The summed E-state index contributed by atoms with van der Waals surface area (Å²) >= 11 is 0. The first-order valence-corrected chi connectivity index (χ1v) is 6.52. The van der Waals surface area contributed by atoms with Crippen LogP contribution in [0.2, 0.25) is 0 Å². The number of rotatable bonds is 3. The van der Waals surface area contributed by atoms with Gasteiger partial charge in [-0.25, -0.2) is 0 Å². The molecule has 3 unspecified atom stereocenters. The third-order valence-corrected chi connectivity index (χ3v) is 4.01. The minimum Gasteiger partial charge on any atom is -0.380 e. The number of piperazine rings is 1. The highest BCUT2D eigenvalue weighted by Gasteiger charge is 2.37. The summed E-state index contributed by atoms with van der Waals surface area (Å²) in [6, 6.07) is 0.179. The van der Waals surface area contributed by atoms with Crippen LogP contribution in [0.1, 0.15) is 25.7 Å². The zero-order chi connectivity index (χ0) is 12.3. The first-order chi connectivity index (χ1) is 8.24. The van der Waals surface area contributed by atoms with Crippen LogP contribution in [0.5, 0.6) is 0 Å². The van der Waals surface area contributed by atoms with Gasteiger partial charge in [-0.3, -0.25) is 9.69 Å². The summed E-state index contributed by atoms with van der Waals surface area (Å²) in [7, 11) is 1.77. The lowest BCUT2D eigenvalue weighted by Crippen LogP contribution is -2.62. The number of nitrogens with zero attached hydrogens (tertiary/aromatic N) is 1. The molecule has 5 heteroatoms. The molecule has 0 spiro atoms. The Morgan fingerprint density at radius 3 is 2.88 bits per heavy atom. The van der Waals surface area contributed by atoms with E-state index in [-0.39, 0.29) is 18.1 Å². The fourth-order valence-corrected chi connectivity index (χ4v) is 3.11. The van der Waals surface area contributed by atoms with Gasteiger partial charge in [0.25, 0.3) is 0 Å². The van der Waals surface area contributed by atoms with Crippen molar-refractivity contribution in [1.82, 2.24) is 10.2 Å². The first kappa shape index (κ1) is 12.8. The molecule has 2 aliphatic rings. The molecule has 1 heterocycles. The second-order valence-corrected chi connectivity index (χ2v) is 4.99. The second kappa shape index (κ2) is 5.80. The second-order valence-electron chi connectivity index (χ2n) is 4.99. The molecular formula is C12H23N3O2. The smallest absolute Gasteiger partial charge is 0.236 e. The fraction of sp³-hybridized carbons (Fsp3) is 0.917. The van der Waals surface area contributed by atoms with Gasteiger partial charge in [0.15, 0.2) is 0 Å². The van der Waals surface area contributed by atoms with E-state index in [0.29, 0.717) is 12.6 Å². The van der Waals surface area contributed by atoms with Gasteiger partial charge in [-0.15, -0.1) is 0 Å². The highest BCUT2D eigenvalue weighted by molar-refractivity contribution is 5.80. The minimum absolute atomic E-state index is 0.176. The van der Waals surface area contributed by atoms with Crippen molar-refractivity contribution in [3.05, 3.63) is 0 Å². The van der Waals surface area contributed by atoms with E-state index >= 15 is 0 Å². The van der Waals surface area contributed by atoms with Crippen LogP contribution in [0.15, 0.2) is 0 Å². The standard InChI is InChI=1S/C12H23N3O2/c1-17-11-5-3-2-4-9(11)15-7-6-14-8-10(15)12(13)16/h9-11,14H,2-8H2,1H3,(H2,13,16). The molecule has 98 valence electrons. The fourth-order valence-electron chi connectivity index (χ4n) is 3.11. The number of nitrogens with one attached hydrogen (secondary N) is 1. The van der Waals surface area contributed by atoms with Crippen molar-refractivity contribution in [3.8, 4) is 0 Å². The highest BCUT2D eigenvalue weighted by Crippen LogP contribution is 2.27. The average Bonchev–Trinajstić information content (AvgIpc) is 2.38. The van der Waals surface area contributed by atoms with Crippen molar-refractivity contribution in [3.63, 3.8) is 0 Å². The maximum absolute atomic E-state index is 11.5. The molecular weight excluding hydrogens is 218 g/mol. The van der Waals surface area contributed by atoms with Crippen molar-refractivity contribution >= 4 is 5.91 Å². The summed E-state index contributed by atoms with van der Waals surface area (Å²) in [6.07, 6.45) is 4.91. The Bertz CT molecular complexity index is 272. The molecule has 0 radical (unpaired) electrons. The zero-order valence-electron chi connectivity index (χ0n) is 10.5. The van der Waals surface area contributed by atoms with E-state index in [4.69, 9.17) is 10.5 Å². The van der Waals surface area contributed by atoms with Crippen LogP contribution in [-0.4, -0.2) is 55.7 Å². The minimum atomic E-state index is -0.224. The highest BCUT2D eigenvalue weighted by atomic mass is 16.5. The maximum Gasteiger partial charge on any atom is 0.236 e. The number of nitrogens with two attached hydrogens (primary N) is 1. The lowest BCUT2D eigenvalue weighted by molar-refractivity contribution is -0.127. The Kier molecular flexibility index (Phi) is 4.36. The van der Waals surface area contributed by atoms with Gasteiger partial charge in [0.2, 0.25) is 5.91 Å². The molecule has 17 heavy (non-hydrogen) atoms. The topological polar surface area (TPSA) is 67.6 Å². The van der Waals surface area contributed by atoms with E-state index < -0.39 is 0 Å². The molecule has 3 atom stereocenters. The number of hydrogen-bond acceptors (Lipinski definition) is 4. The Balaban J connectivity index is 2.08. The van der Waals surface area contributed by atoms with E-state index in [2.05, 4.69) is 10.2 Å². The van der Waals surface area contributed by atoms with Crippen molar-refractivity contribution < 1.29 is 9.53 Å². The summed E-state index contributed by atoms with van der Waals surface area (Å²) in [4.78, 5) is 13.8. The molecule has 1 aliphatic carbocycles. The molecule has 1 aliphatic heterocycles. The van der Waals surface area contributed by atoms with Gasteiger partial charge in [-0.05, 0) is 12.8 Å². The summed E-state index contributed by atoms with van der Waals surface area (Å²) in [5, 5.41) is 3.23. The van der Waals surface area contributed by atoms with E-state index in [1.165, 1.54) is 12.8 Å². The summed E-state index contributed by atoms with van der Waals surface area (Å²) < 4.78 is 5.57. The quantitative estimate of drug-likeness (QED) is 0.712. The first-order valence-electron chi connectivity index (χ1n) is 6.52. The third-order valence-electron chi connectivity index (χ3n) is 4.01. The Hall–Kier alpha value is -0.650. The molecule has 1 amide bonds. The van der Waals surface area contributed by atoms with Gasteiger partial charge in [-0.1, -0.05) is 12.8 Å². The molecule has 2 fully saturated rings. The molecule has 2 rings (SSSR count). The van der Waals surface area contributed by atoms with Crippen molar-refractivity contribution in [1.29, 1.82) is 0 Å². The number of carbonyl (C=O) groups is 1. The number of hydrogen-bond donors (Lipinski definition) is 2. The Labute approximate surface area is 103 Å². The van der Waals surface area contributed by atoms with Crippen LogP contribution < -0.4 is 11.1 Å². The van der Waals surface area contributed by atoms with Crippen LogP contribution in [0, 0.1) is 0 Å². The van der Waals surface area contributed by atoms with Gasteiger partial charge in [0, 0.05) is 32.8 Å². The largest absolute Gasteiger partial charge is 0.380 e. The van der Waals surface area contributed by atoms with Gasteiger partial charge in [0.05, 0.1) is 6.10 Å². The number of methoxy groups -OCH3 is 1. The summed E-state index contributed by atoms with van der Waals surface area (Å²) in [5.41, 5.74) is 5.49. The van der Waals surface area contributed by atoms with E-state index in [1.54, 1.807) is 7.11 Å². The SMILES string of the molecule is COC1CCCCC1N1CCNCC1C(N)=O. The predicted octanol–water partition coefficient (Wildman–Crippen LogP) is -0.297. The molecule has 0 aromatic heterocycles. The van der Waals surface area contributed by atoms with E-state index in [1.807, 2.05) is 0 Å². The Morgan fingerprint density at radius 2 is 2.18 bits per heavy atom. The van der Waals surface area contributed by atoms with Crippen LogP contribution in [0.25, 0.3) is 0 Å². The van der Waals surface area contributed by atoms with Gasteiger partial charge < -0.3 is 15.8 Å². The summed E-state index contributed by atoms with van der Waals surface area (Å²) in [6.45, 7) is 2.48. The molecule has 3 N–H and O–H groups in total. The van der Waals surface area contributed by atoms with Gasteiger partial charge in [0.1, 0.15) is 6.04 Å². The molecule has 1 saturated carbocycles. The van der Waals surface area contributed by atoms with E-state index in [9.17, 15) is 4.79 Å². The van der Waals surface area contributed by atoms with Crippen LogP contribution in [-0.2, 0) is 9.53 Å². The lowest BCUT2D eigenvalue weighted by atomic mass is 9.89. The predicted molar refractivity (Wildman–Crippen MR) is 65.6 cm³/mol. The molecule has 5 nitrogen and oxygen atoms in total. The van der Waals surface area contributed by atoms with Crippen LogP contribution in [0.4, 0.5) is 0 Å². The van der Waals surface area contributed by atoms with Crippen molar-refractivity contribution in [2.24, 2.45) is 5.73 Å². The lowest BCUT2D eigenvalue weighted by Gasteiger charge is -2.44. The Morgan fingerprint density at radius 1 is 1.41 bits per heavy atom. The van der Waals surface area contributed by atoms with Crippen molar-refractivity contribution in [2.75, 3.05) is 26.7 Å². The summed E-state index contributed by atoms with van der Waals surface area (Å²) in [5.74, 6) is -0.224. The number of primary amides is 1. The monoisotopic (exact) mass is 241 g/mol. The third kappa shape index (κ3) is 2.78. The van der Waals surface area contributed by atoms with Crippen LogP contribution >= 0.6 is 0 Å². The molecule has 0 aromatic carbocycles. The molecule has 0 aromatic rings. The number of amides is 1. The number of carbonyl (C=O) groups excluding carboxylic acids is 1. The van der Waals surface area contributed by atoms with Gasteiger partial charge >= 0.3 is 0 Å². The average molecular weight is 241 g/mol. The number of ether oxygens (including phenoxy) is 1. The molecule has 1 saturated heterocycles. The maximum atomic E-state index is 11.5. The molecule has 0 bridgehead atoms. The zero-order valence-corrected chi connectivity index (χ0v) is 10.5. The van der Waals surface area contributed by atoms with E-state index in [0.717, 1.165) is 25.9 Å².